The molecule has 0 spiro atoms. The summed E-state index contributed by atoms with van der Waals surface area (Å²) in [5, 5.41) is 3.37. The van der Waals surface area contributed by atoms with E-state index in [0.717, 1.165) is 24.2 Å². The van der Waals surface area contributed by atoms with Crippen molar-refractivity contribution >= 4 is 15.9 Å². The lowest BCUT2D eigenvalue weighted by Crippen LogP contribution is -2.48. The molecule has 0 aromatic heterocycles. The van der Waals surface area contributed by atoms with E-state index in [1.165, 1.54) is 30.0 Å². The zero-order chi connectivity index (χ0) is 20.9. The number of ether oxygens (including phenoxy) is 1. The van der Waals surface area contributed by atoms with E-state index in [4.69, 9.17) is 4.74 Å². The number of methoxy groups -OCH3 is 1. The molecule has 4 fully saturated rings. The fourth-order valence-corrected chi connectivity index (χ4v) is 8.26. The predicted molar refractivity (Wildman–Crippen MR) is 113 cm³/mol. The molecule has 0 unspecified atom stereocenters. The summed E-state index contributed by atoms with van der Waals surface area (Å²) in [6.45, 7) is 0.793. The maximum Gasteiger partial charge on any atom is 0.243 e. The molecule has 3 saturated carbocycles. The summed E-state index contributed by atoms with van der Waals surface area (Å²) >= 11 is 0. The lowest BCUT2D eigenvalue weighted by Gasteiger charge is -2.35. The molecule has 1 aromatic carbocycles. The van der Waals surface area contributed by atoms with E-state index in [2.05, 4.69) is 5.32 Å². The molecule has 0 radical (unpaired) electrons. The standard InChI is InChI=1S/C23H32N2O4S/c1-29-17-5-7-18(8-6-17)30(27,28)25-11-9-15(10-12-25)23(26)24-22-14-16-13-21(22)20-4-2-3-19(16)20/h5-8,15-16,19-22H,2-4,9-14H2,1H3,(H,24,26)/t16-,19-,20-,21+,22-/m1/s1. The zero-order valence-corrected chi connectivity index (χ0v) is 18.4. The van der Waals surface area contributed by atoms with Gasteiger partial charge in [0.05, 0.1) is 12.0 Å². The lowest BCUT2D eigenvalue weighted by molar-refractivity contribution is -0.127. The number of hydrogen-bond acceptors (Lipinski definition) is 4. The van der Waals surface area contributed by atoms with Crippen LogP contribution in [0.15, 0.2) is 29.2 Å². The molecule has 1 aliphatic heterocycles. The van der Waals surface area contributed by atoms with Crippen LogP contribution in [0.1, 0.15) is 44.9 Å². The summed E-state index contributed by atoms with van der Waals surface area (Å²) in [4.78, 5) is 13.2. The summed E-state index contributed by atoms with van der Waals surface area (Å²) in [6, 6.07) is 6.84. The molecule has 2 bridgehead atoms. The third-order valence-corrected chi connectivity index (χ3v) is 10.2. The first-order valence-corrected chi connectivity index (χ1v) is 12.9. The van der Waals surface area contributed by atoms with Gasteiger partial charge in [0.2, 0.25) is 15.9 Å². The van der Waals surface area contributed by atoms with Gasteiger partial charge >= 0.3 is 0 Å². The van der Waals surface area contributed by atoms with Crippen molar-refractivity contribution in [1.29, 1.82) is 0 Å². The minimum atomic E-state index is -3.53. The highest BCUT2D eigenvalue weighted by molar-refractivity contribution is 7.89. The first-order valence-electron chi connectivity index (χ1n) is 11.4. The summed E-state index contributed by atoms with van der Waals surface area (Å²) in [5.74, 6) is 3.97. The molecular weight excluding hydrogens is 400 g/mol. The van der Waals surface area contributed by atoms with E-state index in [-0.39, 0.29) is 16.7 Å². The molecule has 1 heterocycles. The van der Waals surface area contributed by atoms with Crippen molar-refractivity contribution in [2.75, 3.05) is 20.2 Å². The molecule has 7 heteroatoms. The normalized spacial score (nSPS) is 34.1. The van der Waals surface area contributed by atoms with Crippen molar-refractivity contribution in [2.24, 2.45) is 29.6 Å². The fraction of sp³-hybridized carbons (Fsp3) is 0.696. The number of carbonyl (C=O) groups excluding carboxylic acids is 1. The van der Waals surface area contributed by atoms with Crippen molar-refractivity contribution in [1.82, 2.24) is 9.62 Å². The van der Waals surface area contributed by atoms with Gasteiger partial charge in [-0.1, -0.05) is 6.42 Å². The third-order valence-electron chi connectivity index (χ3n) is 8.28. The molecule has 1 N–H and O–H groups in total. The van der Waals surface area contributed by atoms with Gasteiger partial charge in [0, 0.05) is 25.0 Å². The Labute approximate surface area is 179 Å². The number of benzene rings is 1. The number of carbonyl (C=O) groups is 1. The molecule has 1 saturated heterocycles. The van der Waals surface area contributed by atoms with E-state index < -0.39 is 10.0 Å². The minimum absolute atomic E-state index is 0.0779. The van der Waals surface area contributed by atoms with E-state index in [1.807, 2.05) is 0 Å². The Kier molecular flexibility index (Phi) is 5.30. The van der Waals surface area contributed by atoms with Crippen LogP contribution in [0.4, 0.5) is 0 Å². The van der Waals surface area contributed by atoms with Crippen molar-refractivity contribution in [3.8, 4) is 5.75 Å². The number of fused-ring (bicyclic) bond motifs is 5. The molecule has 164 valence electrons. The molecule has 1 aromatic rings. The van der Waals surface area contributed by atoms with Crippen molar-refractivity contribution in [3.63, 3.8) is 0 Å². The molecule has 30 heavy (non-hydrogen) atoms. The van der Waals surface area contributed by atoms with Gasteiger partial charge in [-0.05, 0) is 86.5 Å². The fourth-order valence-electron chi connectivity index (χ4n) is 6.79. The summed E-state index contributed by atoms with van der Waals surface area (Å²) in [6.07, 6.45) is 7.75. The van der Waals surface area contributed by atoms with Crippen LogP contribution in [0.3, 0.4) is 0 Å². The largest absolute Gasteiger partial charge is 0.497 e. The van der Waals surface area contributed by atoms with E-state index in [0.29, 0.717) is 43.6 Å². The van der Waals surface area contributed by atoms with Crippen molar-refractivity contribution < 1.29 is 17.9 Å². The topological polar surface area (TPSA) is 75.7 Å². The average Bonchev–Trinajstić information content (AvgIpc) is 3.47. The molecule has 3 aliphatic carbocycles. The number of hydrogen-bond donors (Lipinski definition) is 1. The number of sulfonamides is 1. The van der Waals surface area contributed by atoms with Gasteiger partial charge in [-0.2, -0.15) is 4.31 Å². The van der Waals surface area contributed by atoms with Crippen LogP contribution in [0.5, 0.6) is 5.75 Å². The predicted octanol–water partition coefficient (Wildman–Crippen LogP) is 3.04. The number of rotatable bonds is 5. The summed E-state index contributed by atoms with van der Waals surface area (Å²) < 4.78 is 32.5. The van der Waals surface area contributed by atoms with Crippen LogP contribution in [0.25, 0.3) is 0 Å². The molecule has 4 aliphatic rings. The second-order valence-electron chi connectivity index (χ2n) is 9.62. The molecule has 5 atom stereocenters. The number of nitrogens with zero attached hydrogens (tertiary/aromatic N) is 1. The van der Waals surface area contributed by atoms with Gasteiger partial charge in [0.25, 0.3) is 0 Å². The van der Waals surface area contributed by atoms with E-state index in [9.17, 15) is 13.2 Å². The van der Waals surface area contributed by atoms with Gasteiger partial charge in [0.1, 0.15) is 5.75 Å². The highest BCUT2D eigenvalue weighted by atomic mass is 32.2. The number of nitrogens with one attached hydrogen (secondary N) is 1. The van der Waals surface area contributed by atoms with Crippen LogP contribution >= 0.6 is 0 Å². The Morgan fingerprint density at radius 2 is 1.70 bits per heavy atom. The van der Waals surface area contributed by atoms with Gasteiger partial charge in [-0.15, -0.1) is 0 Å². The van der Waals surface area contributed by atoms with Crippen LogP contribution in [0.2, 0.25) is 0 Å². The van der Waals surface area contributed by atoms with Gasteiger partial charge < -0.3 is 10.1 Å². The summed E-state index contributed by atoms with van der Waals surface area (Å²) in [5.41, 5.74) is 0. The van der Waals surface area contributed by atoms with Crippen molar-refractivity contribution in [3.05, 3.63) is 24.3 Å². The zero-order valence-electron chi connectivity index (χ0n) is 17.6. The average molecular weight is 433 g/mol. The molecular formula is C23H32N2O4S. The number of amides is 1. The Hall–Kier alpha value is -1.60. The van der Waals surface area contributed by atoms with Gasteiger partial charge in [0.15, 0.2) is 0 Å². The number of piperidine rings is 1. The highest BCUT2D eigenvalue weighted by Gasteiger charge is 2.54. The van der Waals surface area contributed by atoms with Crippen LogP contribution < -0.4 is 10.1 Å². The highest BCUT2D eigenvalue weighted by Crippen LogP contribution is 2.58. The molecule has 1 amide bonds. The Bertz CT molecular complexity index is 892. The SMILES string of the molecule is COc1ccc(S(=O)(=O)N2CCC(C(=O)N[C@@H]3C[C@H]4C[C@H]3[C@@H]3CCC[C@H]43)CC2)cc1. The van der Waals surface area contributed by atoms with Crippen LogP contribution in [0, 0.1) is 29.6 Å². The smallest absolute Gasteiger partial charge is 0.243 e. The Morgan fingerprint density at radius 3 is 2.40 bits per heavy atom. The lowest BCUT2D eigenvalue weighted by atomic mass is 9.79. The maximum atomic E-state index is 12.9. The Morgan fingerprint density at radius 1 is 1.00 bits per heavy atom. The van der Waals surface area contributed by atoms with Gasteiger partial charge in [-0.3, -0.25) is 4.79 Å². The quantitative estimate of drug-likeness (QED) is 0.776. The second kappa shape index (κ2) is 7.83. The Balaban J connectivity index is 1.16. The summed E-state index contributed by atoms with van der Waals surface area (Å²) in [7, 11) is -1.97. The maximum absolute atomic E-state index is 12.9. The van der Waals surface area contributed by atoms with Crippen LogP contribution in [-0.4, -0.2) is 44.9 Å². The van der Waals surface area contributed by atoms with E-state index in [1.54, 1.807) is 31.4 Å². The monoisotopic (exact) mass is 432 g/mol. The van der Waals surface area contributed by atoms with Gasteiger partial charge in [-0.25, -0.2) is 8.42 Å². The first kappa shape index (κ1) is 20.3. The minimum Gasteiger partial charge on any atom is -0.497 e. The van der Waals surface area contributed by atoms with Crippen molar-refractivity contribution in [2.45, 2.75) is 55.9 Å². The second-order valence-corrected chi connectivity index (χ2v) is 11.6. The molecule has 6 nitrogen and oxygen atoms in total. The van der Waals surface area contributed by atoms with E-state index >= 15 is 0 Å². The molecule has 5 rings (SSSR count). The first-order chi connectivity index (χ1) is 14.5. The third kappa shape index (κ3) is 3.44. The van der Waals surface area contributed by atoms with Crippen LogP contribution in [-0.2, 0) is 14.8 Å².